The number of phenolic OH excluding ortho intramolecular Hbond substituents is 1. The Balaban J connectivity index is 1.85. The van der Waals surface area contributed by atoms with Crippen LogP contribution in [0.5, 0.6) is 5.75 Å². The third-order valence-electron chi connectivity index (χ3n) is 8.27. The number of aliphatic hydroxyl groups is 2. The van der Waals surface area contributed by atoms with Gasteiger partial charge in [-0.25, -0.2) is 4.79 Å². The Morgan fingerprint density at radius 3 is 2.33 bits per heavy atom. The highest BCUT2D eigenvalue weighted by Crippen LogP contribution is 2.55. The molecule has 0 bridgehead atoms. The number of Topliss-reactive ketones (excluding diaryl/α,β-unsaturated/α-hetero) is 4. The van der Waals surface area contributed by atoms with Gasteiger partial charge in [-0.15, -0.1) is 0 Å². The molecule has 0 radical (unpaired) electrons. The molecule has 0 heterocycles. The number of carbonyl (C=O) groups excluding carboxylic acids is 6. The summed E-state index contributed by atoms with van der Waals surface area (Å²) in [4.78, 5) is 79.8. The van der Waals surface area contributed by atoms with Crippen LogP contribution in [0.4, 0.5) is 10.5 Å². The fourth-order valence-electron chi connectivity index (χ4n) is 6.50. The van der Waals surface area contributed by atoms with Crippen molar-refractivity contribution in [2.24, 2.45) is 29.4 Å². The summed E-state index contributed by atoms with van der Waals surface area (Å²) in [6.45, 7) is 3.81. The number of nitrogens with zero attached hydrogens (tertiary/aromatic N) is 1. The third-order valence-corrected chi connectivity index (χ3v) is 8.27. The average molecular weight is 545 g/mol. The van der Waals surface area contributed by atoms with Gasteiger partial charge >= 0.3 is 6.03 Å². The Bertz CT molecular complexity index is 1290. The highest BCUT2D eigenvalue weighted by atomic mass is 16.3. The number of hydrogen-bond acceptors (Lipinski definition) is 10. The molecular weight excluding hydrogens is 512 g/mol. The van der Waals surface area contributed by atoms with Crippen molar-refractivity contribution in [1.29, 1.82) is 0 Å². The zero-order chi connectivity index (χ0) is 29.1. The number of benzene rings is 1. The van der Waals surface area contributed by atoms with E-state index in [4.69, 9.17) is 5.73 Å². The lowest BCUT2D eigenvalue weighted by Gasteiger charge is -2.56. The van der Waals surface area contributed by atoms with Crippen LogP contribution < -0.4 is 16.4 Å². The fraction of sp³-hybridized carbons (Fsp3) is 0.538. The molecule has 1 aromatic carbocycles. The van der Waals surface area contributed by atoms with E-state index in [-0.39, 0.29) is 16.8 Å². The summed E-state index contributed by atoms with van der Waals surface area (Å²) in [5.74, 6) is -14.2. The molecule has 8 unspecified atom stereocenters. The van der Waals surface area contributed by atoms with Crippen molar-refractivity contribution in [3.05, 3.63) is 23.3 Å². The Morgan fingerprint density at radius 2 is 1.77 bits per heavy atom. The molecule has 0 aliphatic heterocycles. The molecule has 13 heteroatoms. The summed E-state index contributed by atoms with van der Waals surface area (Å²) in [6.07, 6.45) is -1.05. The third kappa shape index (κ3) is 3.95. The van der Waals surface area contributed by atoms with Gasteiger partial charge in [-0.2, -0.15) is 0 Å². The van der Waals surface area contributed by atoms with Crippen LogP contribution in [0, 0.1) is 23.7 Å². The molecule has 2 saturated carbocycles. The van der Waals surface area contributed by atoms with E-state index in [0.29, 0.717) is 13.0 Å². The van der Waals surface area contributed by atoms with Crippen molar-refractivity contribution in [2.45, 2.75) is 43.9 Å². The number of urea groups is 1. The quantitative estimate of drug-likeness (QED) is 0.195. The number of amides is 3. The number of nitrogens with one attached hydrogen (secondary N) is 2. The van der Waals surface area contributed by atoms with E-state index in [9.17, 15) is 44.1 Å². The van der Waals surface area contributed by atoms with E-state index >= 15 is 0 Å². The Kier molecular flexibility index (Phi) is 7.13. The Hall–Kier alpha value is -3.68. The first kappa shape index (κ1) is 28.3. The van der Waals surface area contributed by atoms with E-state index < -0.39 is 88.2 Å². The zero-order valence-electron chi connectivity index (χ0n) is 21.9. The molecule has 0 saturated heterocycles. The number of anilines is 1. The lowest BCUT2D eigenvalue weighted by molar-refractivity contribution is -0.196. The number of carbonyl (C=O) groups is 6. The maximum atomic E-state index is 13.9. The first-order valence-corrected chi connectivity index (χ1v) is 12.6. The van der Waals surface area contributed by atoms with Gasteiger partial charge in [-0.3, -0.25) is 28.9 Å². The summed E-state index contributed by atoms with van der Waals surface area (Å²) < 4.78 is 0. The second-order valence-electron chi connectivity index (χ2n) is 10.7. The van der Waals surface area contributed by atoms with Crippen LogP contribution in [0.3, 0.4) is 0 Å². The standard InChI is InChI=1S/C26H32N4O9/c1-5-8-28-25(38)29-11-7-6-10-9(2)12-14(19(32)13(10)18(11)31)22(35)26(39)16(20(12)33)17(30(3)4)21(34)15(23(26)36)24(27)37/h6-7,9,12,14-17,20,31,33,39H,5,8H2,1-4H3,(H2,27,37)(H2,28,29,38). The number of aliphatic hydroxyl groups excluding tert-OH is 1. The minimum atomic E-state index is -3.07. The second kappa shape index (κ2) is 9.81. The summed E-state index contributed by atoms with van der Waals surface area (Å²) in [5.41, 5.74) is 2.10. The van der Waals surface area contributed by atoms with Crippen LogP contribution in [-0.4, -0.2) is 93.7 Å². The highest BCUT2D eigenvalue weighted by Gasteiger charge is 2.72. The van der Waals surface area contributed by atoms with E-state index in [1.807, 2.05) is 6.92 Å². The predicted molar refractivity (Wildman–Crippen MR) is 135 cm³/mol. The topological polar surface area (TPSA) is 216 Å². The van der Waals surface area contributed by atoms with Gasteiger partial charge in [0.15, 0.2) is 34.7 Å². The molecule has 0 spiro atoms. The lowest BCUT2D eigenvalue weighted by atomic mass is 9.49. The van der Waals surface area contributed by atoms with E-state index in [2.05, 4.69) is 10.6 Å². The first-order valence-electron chi connectivity index (χ1n) is 12.6. The van der Waals surface area contributed by atoms with Gasteiger partial charge < -0.3 is 31.7 Å². The van der Waals surface area contributed by atoms with Gasteiger partial charge in [0, 0.05) is 12.5 Å². The van der Waals surface area contributed by atoms with Gasteiger partial charge in [0.05, 0.1) is 35.2 Å². The van der Waals surface area contributed by atoms with Crippen molar-refractivity contribution in [2.75, 3.05) is 26.0 Å². The molecular formula is C26H32N4O9. The minimum absolute atomic E-state index is 0.109. The van der Waals surface area contributed by atoms with Crippen molar-refractivity contribution < 1.29 is 44.1 Å². The number of ketones is 4. The maximum absolute atomic E-state index is 13.9. The van der Waals surface area contributed by atoms with Crippen molar-refractivity contribution in [3.63, 3.8) is 0 Å². The number of likely N-dealkylation sites (N-methyl/N-ethyl adjacent to an activating group) is 1. The number of fused-ring (bicyclic) bond motifs is 3. The van der Waals surface area contributed by atoms with Gasteiger partial charge in [0.1, 0.15) is 5.75 Å². The maximum Gasteiger partial charge on any atom is 0.319 e. The molecule has 3 aliphatic rings. The van der Waals surface area contributed by atoms with E-state index in [1.54, 1.807) is 6.92 Å². The van der Waals surface area contributed by atoms with Gasteiger partial charge in [-0.1, -0.05) is 19.9 Å². The summed E-state index contributed by atoms with van der Waals surface area (Å²) in [5, 5.41) is 39.2. The number of aromatic hydroxyl groups is 1. The molecule has 39 heavy (non-hydrogen) atoms. The van der Waals surface area contributed by atoms with Gasteiger partial charge in [0.2, 0.25) is 5.91 Å². The number of hydrogen-bond donors (Lipinski definition) is 6. The number of rotatable bonds is 5. The molecule has 210 valence electrons. The largest absolute Gasteiger partial charge is 0.505 e. The first-order chi connectivity index (χ1) is 18.2. The molecule has 4 rings (SSSR count). The predicted octanol–water partition coefficient (Wildman–Crippen LogP) is -1.07. The van der Waals surface area contributed by atoms with Crippen molar-refractivity contribution in [1.82, 2.24) is 10.2 Å². The molecule has 7 N–H and O–H groups in total. The molecule has 13 nitrogen and oxygen atoms in total. The zero-order valence-corrected chi connectivity index (χ0v) is 21.9. The van der Waals surface area contributed by atoms with Crippen LogP contribution in [0.15, 0.2) is 12.1 Å². The molecule has 3 amide bonds. The lowest BCUT2D eigenvalue weighted by Crippen LogP contribution is -2.77. The monoisotopic (exact) mass is 544 g/mol. The van der Waals surface area contributed by atoms with Crippen LogP contribution in [0.25, 0.3) is 0 Å². The normalized spacial score (nSPS) is 33.8. The van der Waals surface area contributed by atoms with E-state index in [1.165, 1.54) is 31.1 Å². The van der Waals surface area contributed by atoms with Crippen molar-refractivity contribution in [3.8, 4) is 5.75 Å². The van der Waals surface area contributed by atoms with Gasteiger partial charge in [-0.05, 0) is 38.1 Å². The highest BCUT2D eigenvalue weighted by molar-refractivity contribution is 6.32. The minimum Gasteiger partial charge on any atom is -0.505 e. The van der Waals surface area contributed by atoms with E-state index in [0.717, 1.165) is 0 Å². The molecule has 1 aromatic rings. The number of primary amides is 1. The van der Waals surface area contributed by atoms with Gasteiger partial charge in [0.25, 0.3) is 0 Å². The second-order valence-corrected chi connectivity index (χ2v) is 10.7. The van der Waals surface area contributed by atoms with Crippen molar-refractivity contribution >= 4 is 40.8 Å². The fourth-order valence-corrected chi connectivity index (χ4v) is 6.50. The molecule has 2 fully saturated rings. The Morgan fingerprint density at radius 1 is 1.13 bits per heavy atom. The molecule has 3 aliphatic carbocycles. The summed E-state index contributed by atoms with van der Waals surface area (Å²) in [6, 6.07) is 0.790. The van der Waals surface area contributed by atoms with Crippen LogP contribution in [-0.2, 0) is 19.2 Å². The SMILES string of the molecule is CCCNC(=O)Nc1ccc2c(c1O)C(=O)C1C(=O)C3(O)C(=O)C(C(N)=O)C(=O)C(N(C)C)C3C(O)C1C2C. The summed E-state index contributed by atoms with van der Waals surface area (Å²) >= 11 is 0. The van der Waals surface area contributed by atoms with Crippen LogP contribution in [0.1, 0.15) is 42.1 Å². The molecule has 0 aromatic heterocycles. The number of phenols is 1. The Labute approximate surface area is 223 Å². The average Bonchev–Trinajstić information content (AvgIpc) is 2.85. The number of nitrogens with two attached hydrogens (primary N) is 1. The molecule has 8 atom stereocenters. The smallest absolute Gasteiger partial charge is 0.319 e. The van der Waals surface area contributed by atoms with Crippen LogP contribution >= 0.6 is 0 Å². The van der Waals surface area contributed by atoms with Crippen LogP contribution in [0.2, 0.25) is 0 Å². The summed E-state index contributed by atoms with van der Waals surface area (Å²) in [7, 11) is 2.85.